The van der Waals surface area contributed by atoms with Gasteiger partial charge >= 0.3 is 5.97 Å². The summed E-state index contributed by atoms with van der Waals surface area (Å²) < 4.78 is 11.3. The van der Waals surface area contributed by atoms with Crippen LogP contribution in [0.5, 0.6) is 5.75 Å². The average molecular weight is 383 g/mol. The predicted octanol–water partition coefficient (Wildman–Crippen LogP) is 2.93. The molecule has 0 aliphatic carbocycles. The normalized spacial score (nSPS) is 18.3. The van der Waals surface area contributed by atoms with E-state index in [4.69, 9.17) is 15.2 Å². The molecule has 3 unspecified atom stereocenters. The molecule has 1 amide bonds. The number of carbonyl (C=O) groups excluding carboxylic acids is 2. The van der Waals surface area contributed by atoms with Gasteiger partial charge in [0, 0.05) is 18.3 Å². The molecule has 1 aromatic carbocycles. The number of nitrogens with zero attached hydrogens (tertiary/aromatic N) is 1. The van der Waals surface area contributed by atoms with Crippen molar-refractivity contribution < 1.29 is 19.1 Å². The SMILES string of the molecule is CC1Oc2ccc(C(N)C(=O)OC(C)(C)C(C)c3cccnc3)cc2NC1=O. The van der Waals surface area contributed by atoms with Gasteiger partial charge in [-0.2, -0.15) is 0 Å². The molecule has 0 fully saturated rings. The van der Waals surface area contributed by atoms with Crippen LogP contribution in [0.15, 0.2) is 42.7 Å². The molecule has 7 nitrogen and oxygen atoms in total. The summed E-state index contributed by atoms with van der Waals surface area (Å²) in [6.45, 7) is 7.33. The fourth-order valence-electron chi connectivity index (χ4n) is 3.00. The first kappa shape index (κ1) is 19.8. The zero-order valence-electron chi connectivity index (χ0n) is 16.4. The molecule has 148 valence electrons. The Labute approximate surface area is 164 Å². The topological polar surface area (TPSA) is 104 Å². The van der Waals surface area contributed by atoms with E-state index >= 15 is 0 Å². The third-order valence-corrected chi connectivity index (χ3v) is 5.14. The molecule has 2 aromatic rings. The summed E-state index contributed by atoms with van der Waals surface area (Å²) in [4.78, 5) is 28.6. The predicted molar refractivity (Wildman–Crippen MR) is 105 cm³/mol. The van der Waals surface area contributed by atoms with Crippen molar-refractivity contribution in [2.24, 2.45) is 5.73 Å². The van der Waals surface area contributed by atoms with Gasteiger partial charge in [0.15, 0.2) is 6.10 Å². The number of ether oxygens (including phenoxy) is 2. The van der Waals surface area contributed by atoms with Crippen LogP contribution in [0, 0.1) is 0 Å². The number of esters is 1. The molecule has 3 N–H and O–H groups in total. The number of carbonyl (C=O) groups is 2. The van der Waals surface area contributed by atoms with Crippen molar-refractivity contribution in [1.29, 1.82) is 0 Å². The van der Waals surface area contributed by atoms with E-state index in [0.717, 1.165) is 5.56 Å². The number of anilines is 1. The number of hydrogen-bond donors (Lipinski definition) is 2. The van der Waals surface area contributed by atoms with Crippen molar-refractivity contribution in [3.63, 3.8) is 0 Å². The molecule has 3 atom stereocenters. The molecule has 0 bridgehead atoms. The summed E-state index contributed by atoms with van der Waals surface area (Å²) in [7, 11) is 0. The van der Waals surface area contributed by atoms with Crippen LogP contribution in [0.3, 0.4) is 0 Å². The van der Waals surface area contributed by atoms with Crippen molar-refractivity contribution in [2.75, 3.05) is 5.32 Å². The molecule has 0 spiro atoms. The van der Waals surface area contributed by atoms with Crippen LogP contribution in [-0.4, -0.2) is 28.6 Å². The van der Waals surface area contributed by atoms with E-state index in [2.05, 4.69) is 10.3 Å². The Balaban J connectivity index is 1.74. The van der Waals surface area contributed by atoms with Crippen molar-refractivity contribution in [3.05, 3.63) is 53.9 Å². The van der Waals surface area contributed by atoms with Crippen molar-refractivity contribution >= 4 is 17.6 Å². The lowest BCUT2D eigenvalue weighted by molar-refractivity contribution is -0.160. The van der Waals surface area contributed by atoms with E-state index in [0.29, 0.717) is 17.0 Å². The van der Waals surface area contributed by atoms with Crippen LogP contribution < -0.4 is 15.8 Å². The summed E-state index contributed by atoms with van der Waals surface area (Å²) in [6, 6.07) is 7.84. The molecule has 1 aliphatic heterocycles. The summed E-state index contributed by atoms with van der Waals surface area (Å²) >= 11 is 0. The molecule has 0 radical (unpaired) electrons. The van der Waals surface area contributed by atoms with Crippen LogP contribution in [0.25, 0.3) is 0 Å². The second kappa shape index (κ2) is 7.59. The molecule has 0 saturated heterocycles. The first-order valence-electron chi connectivity index (χ1n) is 9.19. The maximum Gasteiger partial charge on any atom is 0.328 e. The molecule has 0 saturated carbocycles. The molecule has 28 heavy (non-hydrogen) atoms. The number of pyridine rings is 1. The van der Waals surface area contributed by atoms with E-state index in [1.165, 1.54) is 0 Å². The first-order valence-corrected chi connectivity index (χ1v) is 9.19. The number of nitrogens with two attached hydrogens (primary N) is 1. The molecule has 3 rings (SSSR count). The van der Waals surface area contributed by atoms with Gasteiger partial charge in [0.25, 0.3) is 5.91 Å². The molecule has 1 aliphatic rings. The summed E-state index contributed by atoms with van der Waals surface area (Å²) in [5, 5.41) is 2.75. The Kier molecular flexibility index (Phi) is 5.38. The maximum absolute atomic E-state index is 12.7. The van der Waals surface area contributed by atoms with Gasteiger partial charge in [0.1, 0.15) is 17.4 Å². The summed E-state index contributed by atoms with van der Waals surface area (Å²) in [5.74, 6) is -0.318. The zero-order valence-corrected chi connectivity index (χ0v) is 16.4. The van der Waals surface area contributed by atoms with Crippen LogP contribution in [0.4, 0.5) is 5.69 Å². The highest BCUT2D eigenvalue weighted by molar-refractivity contribution is 5.97. The standard InChI is InChI=1S/C21H25N3O4/c1-12(15-6-5-9-23-11-15)21(3,4)28-20(26)18(22)14-7-8-17-16(10-14)24-19(25)13(2)27-17/h5-13,18H,22H2,1-4H3,(H,24,25). The maximum atomic E-state index is 12.7. The van der Waals surface area contributed by atoms with E-state index in [-0.39, 0.29) is 11.8 Å². The largest absolute Gasteiger partial charge is 0.479 e. The highest BCUT2D eigenvalue weighted by atomic mass is 16.6. The highest BCUT2D eigenvalue weighted by Gasteiger charge is 2.34. The van der Waals surface area contributed by atoms with Crippen LogP contribution in [0.2, 0.25) is 0 Å². The summed E-state index contributed by atoms with van der Waals surface area (Å²) in [6.07, 6.45) is 2.89. The molecular weight excluding hydrogens is 358 g/mol. The third-order valence-electron chi connectivity index (χ3n) is 5.14. The number of hydrogen-bond acceptors (Lipinski definition) is 6. The van der Waals surface area contributed by atoms with Crippen molar-refractivity contribution in [3.8, 4) is 5.75 Å². The van der Waals surface area contributed by atoms with Crippen molar-refractivity contribution in [2.45, 2.75) is 51.4 Å². The average Bonchev–Trinajstić information content (AvgIpc) is 2.67. The zero-order chi connectivity index (χ0) is 20.5. The fraction of sp³-hybridized carbons (Fsp3) is 0.381. The van der Waals surface area contributed by atoms with Crippen molar-refractivity contribution in [1.82, 2.24) is 4.98 Å². The van der Waals surface area contributed by atoms with E-state index < -0.39 is 23.7 Å². The van der Waals surface area contributed by atoms with Gasteiger partial charge in [-0.25, -0.2) is 4.79 Å². The van der Waals surface area contributed by atoms with E-state index in [1.54, 1.807) is 37.5 Å². The van der Waals surface area contributed by atoms with Gasteiger partial charge in [-0.1, -0.05) is 19.1 Å². The second-order valence-corrected chi connectivity index (χ2v) is 7.52. The number of fused-ring (bicyclic) bond motifs is 1. The Morgan fingerprint density at radius 2 is 2.07 bits per heavy atom. The monoisotopic (exact) mass is 383 g/mol. The van der Waals surface area contributed by atoms with Gasteiger partial charge in [-0.3, -0.25) is 9.78 Å². The number of amides is 1. The number of benzene rings is 1. The number of rotatable bonds is 5. The highest BCUT2D eigenvalue weighted by Crippen LogP contribution is 2.34. The van der Waals surface area contributed by atoms with Gasteiger partial charge in [-0.15, -0.1) is 0 Å². The number of nitrogens with one attached hydrogen (secondary N) is 1. The Morgan fingerprint density at radius 1 is 1.32 bits per heavy atom. The lowest BCUT2D eigenvalue weighted by Gasteiger charge is -2.33. The lowest BCUT2D eigenvalue weighted by Crippen LogP contribution is -2.38. The fourth-order valence-corrected chi connectivity index (χ4v) is 3.00. The Morgan fingerprint density at radius 3 is 2.75 bits per heavy atom. The first-order chi connectivity index (χ1) is 13.2. The molecule has 2 heterocycles. The van der Waals surface area contributed by atoms with Gasteiger partial charge in [-0.05, 0) is 50.1 Å². The molecule has 7 heteroatoms. The van der Waals surface area contributed by atoms with Gasteiger partial charge in [0.2, 0.25) is 0 Å². The van der Waals surface area contributed by atoms with E-state index in [1.807, 2.05) is 32.9 Å². The second-order valence-electron chi connectivity index (χ2n) is 7.52. The minimum absolute atomic E-state index is 0.0740. The third kappa shape index (κ3) is 3.99. The molecule has 1 aromatic heterocycles. The van der Waals surface area contributed by atoms with Gasteiger partial charge in [0.05, 0.1) is 5.69 Å². The van der Waals surface area contributed by atoms with Crippen LogP contribution >= 0.6 is 0 Å². The van der Waals surface area contributed by atoms with Crippen LogP contribution in [0.1, 0.15) is 50.8 Å². The van der Waals surface area contributed by atoms with E-state index in [9.17, 15) is 9.59 Å². The number of aromatic nitrogens is 1. The van der Waals surface area contributed by atoms with Crippen LogP contribution in [-0.2, 0) is 14.3 Å². The van der Waals surface area contributed by atoms with Gasteiger partial charge < -0.3 is 20.5 Å². The smallest absolute Gasteiger partial charge is 0.328 e. The minimum atomic E-state index is -0.984. The minimum Gasteiger partial charge on any atom is -0.479 e. The summed E-state index contributed by atoms with van der Waals surface area (Å²) in [5.41, 5.74) is 7.36. The lowest BCUT2D eigenvalue weighted by atomic mass is 9.87. The molecular formula is C21H25N3O4. The Hall–Kier alpha value is -2.93. The Bertz CT molecular complexity index is 882. The quantitative estimate of drug-likeness (QED) is 0.770.